The molecular weight excluding hydrogens is 226 g/mol. The van der Waals surface area contributed by atoms with Gasteiger partial charge in [0, 0.05) is 31.2 Å². The van der Waals surface area contributed by atoms with E-state index in [1.54, 1.807) is 0 Å². The first kappa shape index (κ1) is 17.8. The van der Waals surface area contributed by atoms with E-state index in [1.807, 2.05) is 0 Å². The summed E-state index contributed by atoms with van der Waals surface area (Å²) in [7, 11) is 4.22. The van der Waals surface area contributed by atoms with Crippen LogP contribution in [0, 0.1) is 0 Å². The molecule has 18 heavy (non-hydrogen) atoms. The Labute approximate surface area is 113 Å². The van der Waals surface area contributed by atoms with Gasteiger partial charge in [0.15, 0.2) is 0 Å². The van der Waals surface area contributed by atoms with Crippen molar-refractivity contribution in [3.63, 3.8) is 0 Å². The van der Waals surface area contributed by atoms with Crippen molar-refractivity contribution in [2.45, 2.75) is 52.2 Å². The Kier molecular flexibility index (Phi) is 9.64. The zero-order valence-corrected chi connectivity index (χ0v) is 13.1. The summed E-state index contributed by atoms with van der Waals surface area (Å²) in [5.74, 6) is 0. The van der Waals surface area contributed by atoms with Gasteiger partial charge in [0.2, 0.25) is 0 Å². The van der Waals surface area contributed by atoms with Gasteiger partial charge in [-0.05, 0) is 34.0 Å². The molecule has 0 saturated carbocycles. The fourth-order valence-electron chi connectivity index (χ4n) is 2.35. The van der Waals surface area contributed by atoms with Crippen molar-refractivity contribution >= 4 is 0 Å². The maximum Gasteiger partial charge on any atom is 0.0585 e. The minimum atomic E-state index is 0.214. The van der Waals surface area contributed by atoms with Gasteiger partial charge in [-0.15, -0.1) is 0 Å². The monoisotopic (exact) mass is 259 g/mol. The lowest BCUT2D eigenvalue weighted by atomic mass is 10.1. The number of aliphatic hydroxyl groups excluding tert-OH is 1. The molecule has 0 heterocycles. The summed E-state index contributed by atoms with van der Waals surface area (Å²) < 4.78 is 0. The Morgan fingerprint density at radius 3 is 2.17 bits per heavy atom. The van der Waals surface area contributed by atoms with Crippen LogP contribution in [0.3, 0.4) is 0 Å². The zero-order valence-electron chi connectivity index (χ0n) is 13.1. The number of likely N-dealkylation sites (N-methyl/N-ethyl adjacent to an activating group) is 2. The van der Waals surface area contributed by atoms with Gasteiger partial charge >= 0.3 is 0 Å². The van der Waals surface area contributed by atoms with E-state index in [1.165, 1.54) is 0 Å². The third-order valence-electron chi connectivity index (χ3n) is 3.21. The molecule has 4 heteroatoms. The van der Waals surface area contributed by atoms with Crippen LogP contribution in [-0.4, -0.2) is 73.4 Å². The van der Waals surface area contributed by atoms with Gasteiger partial charge in [-0.3, -0.25) is 4.90 Å². The van der Waals surface area contributed by atoms with Crippen molar-refractivity contribution in [3.05, 3.63) is 0 Å². The molecule has 2 unspecified atom stereocenters. The van der Waals surface area contributed by atoms with Crippen LogP contribution in [-0.2, 0) is 0 Å². The van der Waals surface area contributed by atoms with Gasteiger partial charge in [0.25, 0.3) is 0 Å². The molecule has 0 rings (SSSR count). The van der Waals surface area contributed by atoms with Gasteiger partial charge in [-0.2, -0.15) is 0 Å². The van der Waals surface area contributed by atoms with E-state index in [-0.39, 0.29) is 12.6 Å². The summed E-state index contributed by atoms with van der Waals surface area (Å²) in [5, 5.41) is 12.8. The molecule has 0 aromatic carbocycles. The van der Waals surface area contributed by atoms with Crippen molar-refractivity contribution in [1.82, 2.24) is 15.1 Å². The van der Waals surface area contributed by atoms with E-state index >= 15 is 0 Å². The summed E-state index contributed by atoms with van der Waals surface area (Å²) in [6.45, 7) is 12.1. The van der Waals surface area contributed by atoms with Crippen molar-refractivity contribution in [1.29, 1.82) is 0 Å². The molecule has 0 saturated heterocycles. The Morgan fingerprint density at radius 2 is 1.78 bits per heavy atom. The van der Waals surface area contributed by atoms with Crippen molar-refractivity contribution in [2.24, 2.45) is 0 Å². The average Bonchev–Trinajstić information content (AvgIpc) is 2.26. The third kappa shape index (κ3) is 8.03. The van der Waals surface area contributed by atoms with Gasteiger partial charge < -0.3 is 15.3 Å². The van der Waals surface area contributed by atoms with Crippen molar-refractivity contribution in [3.8, 4) is 0 Å². The SMILES string of the molecule is CCN(CCC(CO)NC(C)C)C(C)CN(C)C. The first-order chi connectivity index (χ1) is 8.40. The normalized spacial score (nSPS) is 15.7. The minimum absolute atomic E-state index is 0.214. The smallest absolute Gasteiger partial charge is 0.0585 e. The molecule has 2 atom stereocenters. The van der Waals surface area contributed by atoms with Gasteiger partial charge in [-0.25, -0.2) is 0 Å². The molecule has 0 spiro atoms. The molecule has 0 aliphatic rings. The zero-order chi connectivity index (χ0) is 14.1. The van der Waals surface area contributed by atoms with E-state index in [2.05, 4.69) is 56.9 Å². The molecule has 110 valence electrons. The van der Waals surface area contributed by atoms with Gasteiger partial charge in [0.05, 0.1) is 6.61 Å². The molecule has 4 nitrogen and oxygen atoms in total. The van der Waals surface area contributed by atoms with Crippen LogP contribution in [0.5, 0.6) is 0 Å². The number of hydrogen-bond donors (Lipinski definition) is 2. The van der Waals surface area contributed by atoms with E-state index in [9.17, 15) is 5.11 Å². The molecule has 0 aliphatic heterocycles. The second kappa shape index (κ2) is 9.73. The molecule has 0 aromatic rings. The third-order valence-corrected chi connectivity index (χ3v) is 3.21. The molecule has 0 fully saturated rings. The highest BCUT2D eigenvalue weighted by Crippen LogP contribution is 2.04. The highest BCUT2D eigenvalue weighted by Gasteiger charge is 2.15. The average molecular weight is 259 g/mol. The predicted octanol–water partition coefficient (Wildman–Crippen LogP) is 1.01. The first-order valence-electron chi connectivity index (χ1n) is 7.16. The Bertz CT molecular complexity index is 197. The van der Waals surface area contributed by atoms with E-state index in [4.69, 9.17) is 0 Å². The number of aliphatic hydroxyl groups is 1. The van der Waals surface area contributed by atoms with Crippen LogP contribution in [0.1, 0.15) is 34.1 Å². The van der Waals surface area contributed by atoms with Crippen LogP contribution < -0.4 is 5.32 Å². The fourth-order valence-corrected chi connectivity index (χ4v) is 2.35. The highest BCUT2D eigenvalue weighted by molar-refractivity contribution is 4.74. The summed E-state index contributed by atoms with van der Waals surface area (Å²) in [6.07, 6.45) is 1.00. The second-order valence-electron chi connectivity index (χ2n) is 5.73. The lowest BCUT2D eigenvalue weighted by molar-refractivity contribution is 0.158. The molecular formula is C14H33N3O. The van der Waals surface area contributed by atoms with E-state index in [0.29, 0.717) is 12.1 Å². The molecule has 0 radical (unpaired) electrons. The number of hydrogen-bond acceptors (Lipinski definition) is 4. The minimum Gasteiger partial charge on any atom is -0.395 e. The largest absolute Gasteiger partial charge is 0.395 e. The topological polar surface area (TPSA) is 38.7 Å². The lowest BCUT2D eigenvalue weighted by Crippen LogP contribution is -2.44. The summed E-state index contributed by atoms with van der Waals surface area (Å²) >= 11 is 0. The van der Waals surface area contributed by atoms with Crippen LogP contribution >= 0.6 is 0 Å². The fraction of sp³-hybridized carbons (Fsp3) is 1.00. The van der Waals surface area contributed by atoms with Crippen LogP contribution in [0.4, 0.5) is 0 Å². The summed E-state index contributed by atoms with van der Waals surface area (Å²) in [6, 6.07) is 1.20. The number of nitrogens with one attached hydrogen (secondary N) is 1. The summed E-state index contributed by atoms with van der Waals surface area (Å²) in [4.78, 5) is 4.70. The maximum absolute atomic E-state index is 9.36. The van der Waals surface area contributed by atoms with E-state index in [0.717, 1.165) is 26.1 Å². The number of rotatable bonds is 10. The molecule has 0 amide bonds. The maximum atomic E-state index is 9.36. The molecule has 2 N–H and O–H groups in total. The van der Waals surface area contributed by atoms with Crippen LogP contribution in [0.2, 0.25) is 0 Å². The Balaban J connectivity index is 4.11. The van der Waals surface area contributed by atoms with Crippen molar-refractivity contribution < 1.29 is 5.11 Å². The number of nitrogens with zero attached hydrogens (tertiary/aromatic N) is 2. The Hall–Kier alpha value is -0.160. The van der Waals surface area contributed by atoms with E-state index < -0.39 is 0 Å². The summed E-state index contributed by atoms with van der Waals surface area (Å²) in [5.41, 5.74) is 0. The van der Waals surface area contributed by atoms with Crippen LogP contribution in [0.15, 0.2) is 0 Å². The standard InChI is InChI=1S/C14H33N3O/c1-7-17(13(4)10-16(5)6)9-8-14(11-18)15-12(2)3/h12-15,18H,7-11H2,1-6H3. The Morgan fingerprint density at radius 1 is 1.17 bits per heavy atom. The molecule has 0 bridgehead atoms. The first-order valence-corrected chi connectivity index (χ1v) is 7.16. The highest BCUT2D eigenvalue weighted by atomic mass is 16.3. The lowest BCUT2D eigenvalue weighted by Gasteiger charge is -2.31. The van der Waals surface area contributed by atoms with Crippen molar-refractivity contribution in [2.75, 3.05) is 40.3 Å². The second-order valence-corrected chi connectivity index (χ2v) is 5.73. The predicted molar refractivity (Wildman–Crippen MR) is 79.0 cm³/mol. The van der Waals surface area contributed by atoms with Crippen LogP contribution in [0.25, 0.3) is 0 Å². The quantitative estimate of drug-likeness (QED) is 0.614. The van der Waals surface area contributed by atoms with Gasteiger partial charge in [0.1, 0.15) is 0 Å². The molecule has 0 aliphatic carbocycles. The van der Waals surface area contributed by atoms with Gasteiger partial charge in [-0.1, -0.05) is 20.8 Å². The molecule has 0 aromatic heterocycles.